The minimum atomic E-state index is -0.917. The van der Waals surface area contributed by atoms with Gasteiger partial charge in [0, 0.05) is 5.69 Å². The summed E-state index contributed by atoms with van der Waals surface area (Å²) in [6.07, 6.45) is 0. The van der Waals surface area contributed by atoms with E-state index in [0.29, 0.717) is 0 Å². The van der Waals surface area contributed by atoms with Gasteiger partial charge in [0.25, 0.3) is 0 Å². The van der Waals surface area contributed by atoms with Crippen molar-refractivity contribution in [3.8, 4) is 5.69 Å². The van der Waals surface area contributed by atoms with Crippen LogP contribution in [-0.4, -0.2) is 14.7 Å². The molecule has 0 aliphatic carbocycles. The quantitative estimate of drug-likeness (QED) is 0.779. The van der Waals surface area contributed by atoms with Crippen molar-refractivity contribution in [2.24, 2.45) is 0 Å². The molecule has 2 aromatic carbocycles. The number of nitrogens with zero attached hydrogens (tertiary/aromatic N) is 2. The van der Waals surface area contributed by atoms with Gasteiger partial charge >= 0.3 is 0 Å². The summed E-state index contributed by atoms with van der Waals surface area (Å²) in [7, 11) is 0. The highest BCUT2D eigenvalue weighted by Crippen LogP contribution is 2.27. The molecule has 1 aromatic heterocycles. The van der Waals surface area contributed by atoms with Crippen LogP contribution in [0.1, 0.15) is 25.2 Å². The number of aromatic nitrogens is 2. The maximum atomic E-state index is 13.1. The number of hydrogen-bond donors (Lipinski definition) is 1. The highest BCUT2D eigenvalue weighted by atomic mass is 19.1. The van der Waals surface area contributed by atoms with E-state index in [-0.39, 0.29) is 5.82 Å². The van der Waals surface area contributed by atoms with Gasteiger partial charge in [-0.15, -0.1) is 0 Å². The molecule has 3 nitrogen and oxygen atoms in total. The average molecular weight is 284 g/mol. The Morgan fingerprint density at radius 2 is 1.76 bits per heavy atom. The number of fused-ring (bicyclic) bond motifs is 1. The third-order valence-corrected chi connectivity index (χ3v) is 3.61. The first-order valence-corrected chi connectivity index (χ1v) is 6.84. The van der Waals surface area contributed by atoms with Crippen LogP contribution >= 0.6 is 0 Å². The monoisotopic (exact) mass is 284 g/mol. The van der Waals surface area contributed by atoms with Crippen LogP contribution in [0, 0.1) is 12.7 Å². The molecule has 0 aliphatic rings. The van der Waals surface area contributed by atoms with Crippen LogP contribution in [0.15, 0.2) is 42.5 Å². The number of aryl methyl sites for hydroxylation is 1. The summed E-state index contributed by atoms with van der Waals surface area (Å²) in [4.78, 5) is 4.52. The van der Waals surface area contributed by atoms with Crippen LogP contribution in [0.4, 0.5) is 4.39 Å². The Kier molecular flexibility index (Phi) is 3.06. The average Bonchev–Trinajstić information content (AvgIpc) is 2.74. The van der Waals surface area contributed by atoms with Gasteiger partial charge in [0.15, 0.2) is 0 Å². The third-order valence-electron chi connectivity index (χ3n) is 3.61. The lowest BCUT2D eigenvalue weighted by Gasteiger charge is -2.18. The normalized spacial score (nSPS) is 12.0. The Hall–Kier alpha value is -2.20. The van der Waals surface area contributed by atoms with Crippen LogP contribution in [-0.2, 0) is 5.60 Å². The molecule has 0 radical (unpaired) electrons. The molecule has 0 fully saturated rings. The molecule has 0 saturated carbocycles. The van der Waals surface area contributed by atoms with Crippen molar-refractivity contribution in [2.75, 3.05) is 0 Å². The van der Waals surface area contributed by atoms with Crippen LogP contribution in [0.25, 0.3) is 16.7 Å². The molecular weight excluding hydrogens is 267 g/mol. The van der Waals surface area contributed by atoms with Gasteiger partial charge in [-0.3, -0.25) is 4.57 Å². The largest absolute Gasteiger partial charge is 0.386 e. The van der Waals surface area contributed by atoms with E-state index in [1.54, 1.807) is 26.0 Å². The van der Waals surface area contributed by atoms with E-state index in [1.807, 2.05) is 29.7 Å². The van der Waals surface area contributed by atoms with Gasteiger partial charge in [-0.1, -0.05) is 6.07 Å². The van der Waals surface area contributed by atoms with Crippen molar-refractivity contribution in [3.05, 3.63) is 59.7 Å². The topological polar surface area (TPSA) is 38.1 Å². The Bertz CT molecular complexity index is 798. The molecule has 1 heterocycles. The lowest BCUT2D eigenvalue weighted by molar-refractivity contribution is 0.0787. The summed E-state index contributed by atoms with van der Waals surface area (Å²) in [6, 6.07) is 12.0. The van der Waals surface area contributed by atoms with E-state index in [4.69, 9.17) is 0 Å². The number of benzene rings is 2. The molecule has 0 bridgehead atoms. The van der Waals surface area contributed by atoms with Gasteiger partial charge < -0.3 is 5.11 Å². The first-order chi connectivity index (χ1) is 9.86. The van der Waals surface area contributed by atoms with Crippen molar-refractivity contribution in [3.63, 3.8) is 0 Å². The Balaban J connectivity index is 2.26. The molecule has 21 heavy (non-hydrogen) atoms. The van der Waals surface area contributed by atoms with Crippen LogP contribution in [0.3, 0.4) is 0 Å². The summed E-state index contributed by atoms with van der Waals surface area (Å²) in [5, 5.41) is 10.2. The Morgan fingerprint density at radius 3 is 2.38 bits per heavy atom. The number of imidazole rings is 1. The van der Waals surface area contributed by atoms with Gasteiger partial charge in [-0.25, -0.2) is 9.37 Å². The summed E-state index contributed by atoms with van der Waals surface area (Å²) in [5.74, 6) is 0.558. The van der Waals surface area contributed by atoms with E-state index in [9.17, 15) is 9.50 Å². The highest BCUT2D eigenvalue weighted by molar-refractivity contribution is 5.79. The van der Waals surface area contributed by atoms with Crippen molar-refractivity contribution in [2.45, 2.75) is 26.4 Å². The minimum Gasteiger partial charge on any atom is -0.386 e. The highest BCUT2D eigenvalue weighted by Gasteiger charge is 2.18. The fourth-order valence-electron chi connectivity index (χ4n) is 2.49. The molecule has 3 aromatic rings. The molecule has 0 unspecified atom stereocenters. The predicted molar refractivity (Wildman–Crippen MR) is 81.0 cm³/mol. The summed E-state index contributed by atoms with van der Waals surface area (Å²) in [5.41, 5.74) is 2.51. The number of rotatable bonds is 2. The van der Waals surface area contributed by atoms with E-state index >= 15 is 0 Å². The van der Waals surface area contributed by atoms with Crippen molar-refractivity contribution < 1.29 is 9.50 Å². The predicted octanol–water partition coefficient (Wildman–Crippen LogP) is 3.70. The number of halogens is 1. The summed E-state index contributed by atoms with van der Waals surface area (Å²) < 4.78 is 15.1. The van der Waals surface area contributed by atoms with Gasteiger partial charge in [-0.05, 0) is 62.7 Å². The second kappa shape index (κ2) is 4.67. The van der Waals surface area contributed by atoms with E-state index in [0.717, 1.165) is 28.1 Å². The Labute approximate surface area is 122 Å². The number of aliphatic hydroxyl groups is 1. The third kappa shape index (κ3) is 2.43. The Morgan fingerprint density at radius 1 is 1.10 bits per heavy atom. The fraction of sp³-hybridized carbons (Fsp3) is 0.235. The fourth-order valence-corrected chi connectivity index (χ4v) is 2.49. The maximum absolute atomic E-state index is 13.1. The maximum Gasteiger partial charge on any atom is 0.123 e. The molecule has 4 heteroatoms. The van der Waals surface area contributed by atoms with E-state index in [2.05, 4.69) is 4.98 Å². The van der Waals surface area contributed by atoms with E-state index < -0.39 is 5.60 Å². The second-order valence-electron chi connectivity index (χ2n) is 5.73. The van der Waals surface area contributed by atoms with Crippen LogP contribution < -0.4 is 0 Å². The standard InChI is InChI=1S/C17H17FN2O/c1-11-19-15-9-4-12(17(2,3)21)10-16(15)20(11)14-7-5-13(18)6-8-14/h4-10,21H,1-3H3. The van der Waals surface area contributed by atoms with E-state index in [1.165, 1.54) is 12.1 Å². The van der Waals surface area contributed by atoms with Crippen molar-refractivity contribution in [1.29, 1.82) is 0 Å². The molecule has 0 spiro atoms. The molecule has 0 aliphatic heterocycles. The van der Waals surface area contributed by atoms with Crippen molar-refractivity contribution >= 4 is 11.0 Å². The first-order valence-electron chi connectivity index (χ1n) is 6.84. The lowest BCUT2D eigenvalue weighted by atomic mass is 9.98. The van der Waals surface area contributed by atoms with Gasteiger partial charge in [0.05, 0.1) is 16.6 Å². The zero-order chi connectivity index (χ0) is 15.2. The van der Waals surface area contributed by atoms with Gasteiger partial charge in [0.1, 0.15) is 11.6 Å². The molecule has 108 valence electrons. The molecule has 1 N–H and O–H groups in total. The lowest BCUT2D eigenvalue weighted by Crippen LogP contribution is -2.15. The van der Waals surface area contributed by atoms with Gasteiger partial charge in [0.2, 0.25) is 0 Å². The molecular formula is C17H17FN2O. The molecule has 3 rings (SSSR count). The summed E-state index contributed by atoms with van der Waals surface area (Å²) >= 11 is 0. The molecule has 0 amide bonds. The first kappa shape index (κ1) is 13.8. The van der Waals surface area contributed by atoms with Crippen molar-refractivity contribution in [1.82, 2.24) is 9.55 Å². The van der Waals surface area contributed by atoms with Crippen LogP contribution in [0.2, 0.25) is 0 Å². The van der Waals surface area contributed by atoms with Gasteiger partial charge in [-0.2, -0.15) is 0 Å². The second-order valence-corrected chi connectivity index (χ2v) is 5.73. The molecule has 0 atom stereocenters. The number of hydrogen-bond acceptors (Lipinski definition) is 2. The minimum absolute atomic E-state index is 0.266. The zero-order valence-corrected chi connectivity index (χ0v) is 12.3. The summed E-state index contributed by atoms with van der Waals surface area (Å²) in [6.45, 7) is 5.41. The molecule has 0 saturated heterocycles. The SMILES string of the molecule is Cc1nc2ccc(C(C)(C)O)cc2n1-c1ccc(F)cc1. The van der Waals surface area contributed by atoms with Crippen LogP contribution in [0.5, 0.6) is 0 Å². The smallest absolute Gasteiger partial charge is 0.123 e. The zero-order valence-electron chi connectivity index (χ0n) is 12.3.